The van der Waals surface area contributed by atoms with E-state index in [2.05, 4.69) is 10.3 Å². The summed E-state index contributed by atoms with van der Waals surface area (Å²) in [7, 11) is 0. The van der Waals surface area contributed by atoms with Crippen LogP contribution in [0.25, 0.3) is 0 Å². The lowest BCUT2D eigenvalue weighted by Gasteiger charge is -2.17. The minimum absolute atomic E-state index is 0.0803. The Kier molecular flexibility index (Phi) is 5.55. The molecule has 0 saturated carbocycles. The third kappa shape index (κ3) is 4.16. The normalized spacial score (nSPS) is 16.5. The standard InChI is InChI=1S/C19H21N3O4S/c1-4-26-18(25)16-12(3)20-19(27-16)21-17(24)13-9-15(23)22(10-13)14-7-5-6-11(2)8-14/h5-8,13H,4,9-10H2,1-3H3,(H,20,21,24). The van der Waals surface area contributed by atoms with Crippen molar-refractivity contribution < 1.29 is 19.1 Å². The van der Waals surface area contributed by atoms with Gasteiger partial charge in [-0.25, -0.2) is 9.78 Å². The van der Waals surface area contributed by atoms with E-state index in [0.29, 0.717) is 22.2 Å². The number of esters is 1. The van der Waals surface area contributed by atoms with E-state index in [1.165, 1.54) is 0 Å². The van der Waals surface area contributed by atoms with Crippen LogP contribution in [0, 0.1) is 19.8 Å². The molecule has 1 atom stereocenters. The summed E-state index contributed by atoms with van der Waals surface area (Å²) in [6, 6.07) is 7.63. The molecule has 2 amide bonds. The van der Waals surface area contributed by atoms with Gasteiger partial charge in [-0.2, -0.15) is 0 Å². The number of thiazole rings is 1. The van der Waals surface area contributed by atoms with Gasteiger partial charge in [0.05, 0.1) is 18.2 Å². The topological polar surface area (TPSA) is 88.6 Å². The number of nitrogens with one attached hydrogen (secondary N) is 1. The zero-order valence-electron chi connectivity index (χ0n) is 15.4. The molecule has 7 nitrogen and oxygen atoms in total. The van der Waals surface area contributed by atoms with Gasteiger partial charge in [0.25, 0.3) is 0 Å². The predicted molar refractivity (Wildman–Crippen MR) is 103 cm³/mol. The van der Waals surface area contributed by atoms with Crippen molar-refractivity contribution in [3.05, 3.63) is 40.4 Å². The highest BCUT2D eigenvalue weighted by Crippen LogP contribution is 2.28. The average Bonchev–Trinajstić information content (AvgIpc) is 3.18. The number of aryl methyl sites for hydroxylation is 2. The second-order valence-electron chi connectivity index (χ2n) is 6.39. The summed E-state index contributed by atoms with van der Waals surface area (Å²) >= 11 is 1.08. The van der Waals surface area contributed by atoms with Gasteiger partial charge in [0.2, 0.25) is 11.8 Å². The highest BCUT2D eigenvalue weighted by atomic mass is 32.1. The van der Waals surface area contributed by atoms with Gasteiger partial charge < -0.3 is 15.0 Å². The molecule has 0 aliphatic carbocycles. The number of carbonyl (C=O) groups is 3. The van der Waals surface area contributed by atoms with E-state index in [1.54, 1.807) is 18.7 Å². The number of rotatable bonds is 5. The van der Waals surface area contributed by atoms with Crippen molar-refractivity contribution in [2.45, 2.75) is 27.2 Å². The molecule has 0 radical (unpaired) electrons. The van der Waals surface area contributed by atoms with Crippen molar-refractivity contribution in [3.8, 4) is 0 Å². The summed E-state index contributed by atoms with van der Waals surface area (Å²) in [6.07, 6.45) is 0.148. The van der Waals surface area contributed by atoms with Crippen LogP contribution in [0.3, 0.4) is 0 Å². The van der Waals surface area contributed by atoms with Crippen LogP contribution in [0.4, 0.5) is 10.8 Å². The average molecular weight is 387 g/mol. The molecule has 0 spiro atoms. The highest BCUT2D eigenvalue weighted by molar-refractivity contribution is 7.17. The quantitative estimate of drug-likeness (QED) is 0.797. The second-order valence-corrected chi connectivity index (χ2v) is 7.39. The zero-order valence-corrected chi connectivity index (χ0v) is 16.3. The molecule has 1 fully saturated rings. The van der Waals surface area contributed by atoms with Gasteiger partial charge in [-0.15, -0.1) is 0 Å². The van der Waals surface area contributed by atoms with Crippen LogP contribution in [0.15, 0.2) is 24.3 Å². The highest BCUT2D eigenvalue weighted by Gasteiger charge is 2.35. The van der Waals surface area contributed by atoms with E-state index >= 15 is 0 Å². The molecule has 1 aromatic heterocycles. The van der Waals surface area contributed by atoms with Crippen molar-refractivity contribution >= 4 is 39.9 Å². The van der Waals surface area contributed by atoms with Crippen molar-refractivity contribution in [1.29, 1.82) is 0 Å². The van der Waals surface area contributed by atoms with Gasteiger partial charge in [-0.1, -0.05) is 23.5 Å². The first-order valence-electron chi connectivity index (χ1n) is 8.71. The van der Waals surface area contributed by atoms with Crippen LogP contribution in [0.1, 0.15) is 34.3 Å². The summed E-state index contributed by atoms with van der Waals surface area (Å²) in [5.74, 6) is -1.27. The molecule has 142 valence electrons. The van der Waals surface area contributed by atoms with E-state index < -0.39 is 11.9 Å². The maximum atomic E-state index is 12.6. The molecular formula is C19H21N3O4S. The van der Waals surface area contributed by atoms with Gasteiger partial charge in [-0.3, -0.25) is 9.59 Å². The molecule has 1 aromatic carbocycles. The van der Waals surface area contributed by atoms with E-state index in [0.717, 1.165) is 22.6 Å². The summed E-state index contributed by atoms with van der Waals surface area (Å²) in [5.41, 5.74) is 2.36. The number of hydrogen-bond acceptors (Lipinski definition) is 6. The Labute approximate surface area is 161 Å². The largest absolute Gasteiger partial charge is 0.462 e. The summed E-state index contributed by atoms with van der Waals surface area (Å²) in [4.78, 5) is 43.0. The fourth-order valence-electron chi connectivity index (χ4n) is 2.97. The lowest BCUT2D eigenvalue weighted by molar-refractivity contribution is -0.122. The second kappa shape index (κ2) is 7.87. The summed E-state index contributed by atoms with van der Waals surface area (Å²) < 4.78 is 4.98. The molecule has 1 N–H and O–H groups in total. The predicted octanol–water partition coefficient (Wildman–Crippen LogP) is 2.93. The van der Waals surface area contributed by atoms with Crippen LogP contribution in [-0.2, 0) is 14.3 Å². The van der Waals surface area contributed by atoms with Crippen molar-refractivity contribution in [2.24, 2.45) is 5.92 Å². The van der Waals surface area contributed by atoms with E-state index in [1.807, 2.05) is 31.2 Å². The Hall–Kier alpha value is -2.74. The van der Waals surface area contributed by atoms with Crippen LogP contribution >= 0.6 is 11.3 Å². The minimum atomic E-state index is -0.465. The third-order valence-electron chi connectivity index (χ3n) is 4.30. The Balaban J connectivity index is 1.68. The Morgan fingerprint density at radius 2 is 2.15 bits per heavy atom. The van der Waals surface area contributed by atoms with Gasteiger partial charge in [-0.05, 0) is 38.5 Å². The monoisotopic (exact) mass is 387 g/mol. The van der Waals surface area contributed by atoms with Crippen molar-refractivity contribution in [3.63, 3.8) is 0 Å². The Bertz CT molecular complexity index is 893. The molecular weight excluding hydrogens is 366 g/mol. The number of anilines is 2. The molecule has 8 heteroatoms. The molecule has 3 rings (SSSR count). The number of aromatic nitrogens is 1. The molecule has 1 aliphatic heterocycles. The minimum Gasteiger partial charge on any atom is -0.462 e. The lowest BCUT2D eigenvalue weighted by atomic mass is 10.1. The maximum absolute atomic E-state index is 12.6. The first-order chi connectivity index (χ1) is 12.9. The summed E-state index contributed by atoms with van der Waals surface area (Å²) in [5, 5.41) is 3.06. The molecule has 27 heavy (non-hydrogen) atoms. The first kappa shape index (κ1) is 19.0. The van der Waals surface area contributed by atoms with Crippen molar-refractivity contribution in [2.75, 3.05) is 23.4 Å². The molecule has 2 aromatic rings. The maximum Gasteiger partial charge on any atom is 0.350 e. The molecule has 1 aliphatic rings. The molecule has 1 saturated heterocycles. The van der Waals surface area contributed by atoms with Crippen LogP contribution < -0.4 is 10.2 Å². The SMILES string of the molecule is CCOC(=O)c1sc(NC(=O)C2CC(=O)N(c3cccc(C)c3)C2)nc1C. The Morgan fingerprint density at radius 3 is 2.85 bits per heavy atom. The van der Waals surface area contributed by atoms with Crippen LogP contribution in [-0.4, -0.2) is 35.9 Å². The van der Waals surface area contributed by atoms with Crippen molar-refractivity contribution in [1.82, 2.24) is 4.98 Å². The van der Waals surface area contributed by atoms with Gasteiger partial charge in [0, 0.05) is 18.7 Å². The molecule has 2 heterocycles. The van der Waals surface area contributed by atoms with Crippen LogP contribution in [0.5, 0.6) is 0 Å². The lowest BCUT2D eigenvalue weighted by Crippen LogP contribution is -2.28. The molecule has 0 bridgehead atoms. The van der Waals surface area contributed by atoms with Gasteiger partial charge in [0.1, 0.15) is 4.88 Å². The Morgan fingerprint density at radius 1 is 1.37 bits per heavy atom. The summed E-state index contributed by atoms with van der Waals surface area (Å²) in [6.45, 7) is 5.98. The zero-order chi connectivity index (χ0) is 19.6. The van der Waals surface area contributed by atoms with Gasteiger partial charge in [0.15, 0.2) is 5.13 Å². The molecule has 1 unspecified atom stereocenters. The van der Waals surface area contributed by atoms with Gasteiger partial charge >= 0.3 is 5.97 Å². The fraction of sp³-hybridized carbons (Fsp3) is 0.368. The number of ether oxygens (including phenoxy) is 1. The number of amides is 2. The number of carbonyl (C=O) groups excluding carboxylic acids is 3. The smallest absolute Gasteiger partial charge is 0.350 e. The third-order valence-corrected chi connectivity index (χ3v) is 5.35. The van der Waals surface area contributed by atoms with Crippen LogP contribution in [0.2, 0.25) is 0 Å². The van der Waals surface area contributed by atoms with E-state index in [-0.39, 0.29) is 24.8 Å². The van der Waals surface area contributed by atoms with E-state index in [4.69, 9.17) is 4.74 Å². The first-order valence-corrected chi connectivity index (χ1v) is 9.53. The number of hydrogen-bond donors (Lipinski definition) is 1. The van der Waals surface area contributed by atoms with E-state index in [9.17, 15) is 14.4 Å². The fourth-order valence-corrected chi connectivity index (χ4v) is 3.84. The number of nitrogens with zero attached hydrogens (tertiary/aromatic N) is 2. The number of benzene rings is 1.